The third-order valence-corrected chi connectivity index (χ3v) is 4.38. The average Bonchev–Trinajstić information content (AvgIpc) is 2.80. The van der Waals surface area contributed by atoms with Crippen LogP contribution in [0.4, 0.5) is 0 Å². The van der Waals surface area contributed by atoms with Crippen molar-refractivity contribution in [2.24, 2.45) is 5.10 Å². The lowest BCUT2D eigenvalue weighted by Gasteiger charge is -2.07. The Balaban J connectivity index is 1.41. The molecular formula is C25H26N2O3. The van der Waals surface area contributed by atoms with Crippen LogP contribution in [0.15, 0.2) is 84.0 Å². The zero-order chi connectivity index (χ0) is 21.0. The molecule has 3 aromatic rings. The number of carbonyl (C=O) groups excluding carboxylic acids is 1. The molecule has 0 bridgehead atoms. The van der Waals surface area contributed by atoms with E-state index in [9.17, 15) is 4.79 Å². The van der Waals surface area contributed by atoms with Gasteiger partial charge in [0, 0.05) is 0 Å². The third kappa shape index (κ3) is 6.78. The summed E-state index contributed by atoms with van der Waals surface area (Å²) in [5.41, 5.74) is 5.57. The number of hydrogen-bond acceptors (Lipinski definition) is 4. The van der Waals surface area contributed by atoms with Gasteiger partial charge in [0.25, 0.3) is 5.91 Å². The number of amides is 1. The van der Waals surface area contributed by atoms with Crippen LogP contribution < -0.4 is 14.9 Å². The summed E-state index contributed by atoms with van der Waals surface area (Å²) in [6, 6.07) is 25.3. The Hall–Kier alpha value is -3.60. The molecule has 0 fully saturated rings. The van der Waals surface area contributed by atoms with Crippen LogP contribution in [-0.4, -0.2) is 25.3 Å². The topological polar surface area (TPSA) is 59.9 Å². The molecule has 0 aliphatic heterocycles. The van der Waals surface area contributed by atoms with E-state index in [1.807, 2.05) is 78.9 Å². The number of unbranched alkanes of at least 4 members (excludes halogenated alkanes) is 1. The first-order valence-electron chi connectivity index (χ1n) is 10.1. The molecule has 0 spiro atoms. The minimum atomic E-state index is -0.321. The maximum absolute atomic E-state index is 11.9. The van der Waals surface area contributed by atoms with Gasteiger partial charge in [0.2, 0.25) is 0 Å². The van der Waals surface area contributed by atoms with E-state index in [0.717, 1.165) is 41.9 Å². The monoisotopic (exact) mass is 402 g/mol. The van der Waals surface area contributed by atoms with Crippen LogP contribution in [0.3, 0.4) is 0 Å². The van der Waals surface area contributed by atoms with Gasteiger partial charge in [-0.05, 0) is 59.5 Å². The summed E-state index contributed by atoms with van der Waals surface area (Å²) in [4.78, 5) is 11.9. The van der Waals surface area contributed by atoms with Gasteiger partial charge in [0.05, 0.1) is 12.8 Å². The Morgan fingerprint density at radius 1 is 0.867 bits per heavy atom. The standard InChI is InChI=1S/C25H26N2O3/c1-2-3-17-29-23-13-9-20(10-14-23)18-26-27-25(28)19-30-24-15-11-22(12-16-24)21-7-5-4-6-8-21/h4-16,18H,2-3,17,19H2,1H3,(H,27,28). The first-order chi connectivity index (χ1) is 14.7. The highest BCUT2D eigenvalue weighted by atomic mass is 16.5. The van der Waals surface area contributed by atoms with Crippen molar-refractivity contribution in [1.29, 1.82) is 0 Å². The summed E-state index contributed by atoms with van der Waals surface area (Å²) in [5, 5.41) is 3.97. The van der Waals surface area contributed by atoms with Crippen LogP contribution in [0.25, 0.3) is 11.1 Å². The van der Waals surface area contributed by atoms with Gasteiger partial charge in [-0.2, -0.15) is 5.10 Å². The highest BCUT2D eigenvalue weighted by molar-refractivity contribution is 5.83. The quantitative estimate of drug-likeness (QED) is 0.293. The number of nitrogens with zero attached hydrogens (tertiary/aromatic N) is 1. The van der Waals surface area contributed by atoms with Crippen LogP contribution in [0, 0.1) is 0 Å². The molecule has 30 heavy (non-hydrogen) atoms. The maximum Gasteiger partial charge on any atom is 0.277 e. The molecule has 0 saturated heterocycles. The molecular weight excluding hydrogens is 376 g/mol. The fraction of sp³-hybridized carbons (Fsp3) is 0.200. The molecule has 0 heterocycles. The fourth-order valence-corrected chi connectivity index (χ4v) is 2.72. The highest BCUT2D eigenvalue weighted by Gasteiger charge is 2.02. The van der Waals surface area contributed by atoms with Crippen molar-refractivity contribution in [3.8, 4) is 22.6 Å². The molecule has 0 atom stereocenters. The van der Waals surface area contributed by atoms with Gasteiger partial charge in [0.15, 0.2) is 6.61 Å². The molecule has 0 radical (unpaired) electrons. The number of nitrogens with one attached hydrogen (secondary N) is 1. The molecule has 0 aliphatic rings. The highest BCUT2D eigenvalue weighted by Crippen LogP contribution is 2.21. The van der Waals surface area contributed by atoms with E-state index >= 15 is 0 Å². The van der Waals surface area contributed by atoms with Gasteiger partial charge in [-0.15, -0.1) is 0 Å². The van der Waals surface area contributed by atoms with Crippen molar-refractivity contribution in [2.75, 3.05) is 13.2 Å². The molecule has 3 aromatic carbocycles. The Morgan fingerprint density at radius 3 is 2.20 bits per heavy atom. The van der Waals surface area contributed by atoms with E-state index in [1.165, 1.54) is 0 Å². The summed E-state index contributed by atoms with van der Waals surface area (Å²) < 4.78 is 11.1. The number of ether oxygens (including phenoxy) is 2. The number of hydrazone groups is 1. The van der Waals surface area contributed by atoms with Crippen molar-refractivity contribution in [1.82, 2.24) is 5.43 Å². The molecule has 1 N–H and O–H groups in total. The van der Waals surface area contributed by atoms with Gasteiger partial charge < -0.3 is 9.47 Å². The summed E-state index contributed by atoms with van der Waals surface area (Å²) in [6.45, 7) is 2.74. The average molecular weight is 402 g/mol. The van der Waals surface area contributed by atoms with Crippen LogP contribution in [0.5, 0.6) is 11.5 Å². The molecule has 0 aliphatic carbocycles. The second-order valence-electron chi connectivity index (χ2n) is 6.74. The van der Waals surface area contributed by atoms with E-state index in [1.54, 1.807) is 6.21 Å². The smallest absolute Gasteiger partial charge is 0.277 e. The van der Waals surface area contributed by atoms with Crippen molar-refractivity contribution < 1.29 is 14.3 Å². The fourth-order valence-electron chi connectivity index (χ4n) is 2.72. The molecule has 0 saturated carbocycles. The van der Waals surface area contributed by atoms with E-state index in [0.29, 0.717) is 5.75 Å². The van der Waals surface area contributed by atoms with E-state index < -0.39 is 0 Å². The normalized spacial score (nSPS) is 10.7. The van der Waals surface area contributed by atoms with Crippen LogP contribution in [0.1, 0.15) is 25.3 Å². The molecule has 1 amide bonds. The number of benzene rings is 3. The molecule has 0 aromatic heterocycles. The van der Waals surface area contributed by atoms with E-state index in [2.05, 4.69) is 17.5 Å². The van der Waals surface area contributed by atoms with Gasteiger partial charge in [0.1, 0.15) is 11.5 Å². The van der Waals surface area contributed by atoms with Crippen LogP contribution in [0.2, 0.25) is 0 Å². The van der Waals surface area contributed by atoms with Crippen LogP contribution >= 0.6 is 0 Å². The third-order valence-electron chi connectivity index (χ3n) is 4.38. The Labute approximate surface area is 177 Å². The second-order valence-corrected chi connectivity index (χ2v) is 6.74. The Morgan fingerprint density at radius 2 is 1.50 bits per heavy atom. The van der Waals surface area contributed by atoms with Crippen molar-refractivity contribution >= 4 is 12.1 Å². The molecule has 0 unspecified atom stereocenters. The first-order valence-corrected chi connectivity index (χ1v) is 10.1. The van der Waals surface area contributed by atoms with Gasteiger partial charge in [-0.25, -0.2) is 5.43 Å². The molecule has 5 heteroatoms. The Kier molecular flexibility index (Phi) is 8.03. The molecule has 154 valence electrons. The summed E-state index contributed by atoms with van der Waals surface area (Å²) >= 11 is 0. The summed E-state index contributed by atoms with van der Waals surface area (Å²) in [5.74, 6) is 1.14. The van der Waals surface area contributed by atoms with Crippen molar-refractivity contribution in [2.45, 2.75) is 19.8 Å². The van der Waals surface area contributed by atoms with Crippen LogP contribution in [-0.2, 0) is 4.79 Å². The zero-order valence-electron chi connectivity index (χ0n) is 17.1. The molecule has 3 rings (SSSR count). The lowest BCUT2D eigenvalue weighted by atomic mass is 10.1. The summed E-state index contributed by atoms with van der Waals surface area (Å²) in [6.07, 6.45) is 3.73. The molecule has 5 nitrogen and oxygen atoms in total. The predicted molar refractivity (Wildman–Crippen MR) is 120 cm³/mol. The summed E-state index contributed by atoms with van der Waals surface area (Å²) in [7, 11) is 0. The van der Waals surface area contributed by atoms with Crippen molar-refractivity contribution in [3.63, 3.8) is 0 Å². The van der Waals surface area contributed by atoms with Gasteiger partial charge in [-0.1, -0.05) is 55.8 Å². The Bertz CT molecular complexity index is 936. The minimum Gasteiger partial charge on any atom is -0.494 e. The van der Waals surface area contributed by atoms with Crippen molar-refractivity contribution in [3.05, 3.63) is 84.4 Å². The minimum absolute atomic E-state index is 0.105. The zero-order valence-corrected chi connectivity index (χ0v) is 17.1. The van der Waals surface area contributed by atoms with E-state index in [4.69, 9.17) is 9.47 Å². The van der Waals surface area contributed by atoms with Gasteiger partial charge in [-0.3, -0.25) is 4.79 Å². The first kappa shape index (κ1) is 21.1. The number of carbonyl (C=O) groups is 1. The van der Waals surface area contributed by atoms with E-state index in [-0.39, 0.29) is 12.5 Å². The largest absolute Gasteiger partial charge is 0.494 e. The predicted octanol–water partition coefficient (Wildman–Crippen LogP) is 5.06. The maximum atomic E-state index is 11.9. The van der Waals surface area contributed by atoms with Gasteiger partial charge >= 0.3 is 0 Å². The number of hydrogen-bond donors (Lipinski definition) is 1. The second kappa shape index (κ2) is 11.4. The SMILES string of the molecule is CCCCOc1ccc(C=NNC(=O)COc2ccc(-c3ccccc3)cc2)cc1. The lowest BCUT2D eigenvalue weighted by Crippen LogP contribution is -2.24. The number of rotatable bonds is 10. The lowest BCUT2D eigenvalue weighted by molar-refractivity contribution is -0.123.